The van der Waals surface area contributed by atoms with E-state index in [0.29, 0.717) is 17.4 Å². The lowest BCUT2D eigenvalue weighted by Crippen LogP contribution is -2.45. The number of rotatable bonds is 12. The van der Waals surface area contributed by atoms with Crippen molar-refractivity contribution in [2.24, 2.45) is 11.8 Å². The number of aromatic nitrogens is 2. The van der Waals surface area contributed by atoms with Gasteiger partial charge in [-0.3, -0.25) is 28.8 Å². The maximum atomic E-state index is 13.4. The summed E-state index contributed by atoms with van der Waals surface area (Å²) in [5.74, 6) is -2.02. The first-order chi connectivity index (χ1) is 20.7. The van der Waals surface area contributed by atoms with E-state index in [9.17, 15) is 28.8 Å². The molecule has 2 aromatic heterocycles. The number of ketones is 1. The number of nitrogens with zero attached hydrogens (tertiary/aromatic N) is 2. The van der Waals surface area contributed by atoms with Gasteiger partial charge < -0.3 is 25.8 Å². The predicted molar refractivity (Wildman–Crippen MR) is 161 cm³/mol. The third kappa shape index (κ3) is 7.16. The summed E-state index contributed by atoms with van der Waals surface area (Å²) in [7, 11) is 0. The Balaban J connectivity index is 1.27. The van der Waals surface area contributed by atoms with Crippen LogP contribution in [0.1, 0.15) is 55.3 Å². The summed E-state index contributed by atoms with van der Waals surface area (Å²) >= 11 is 1.15. The Hall–Kier alpha value is -4.39. The minimum absolute atomic E-state index is 0.0884. The molecule has 2 aliphatic rings. The second-order valence-corrected chi connectivity index (χ2v) is 12.1. The fraction of sp³-hybridized carbons (Fsp3) is 0.433. The zero-order chi connectivity index (χ0) is 30.5. The molecule has 0 aliphatic heterocycles. The van der Waals surface area contributed by atoms with Gasteiger partial charge in [-0.25, -0.2) is 4.98 Å². The van der Waals surface area contributed by atoms with Crippen molar-refractivity contribution >= 4 is 56.7 Å². The number of hydrogen-bond acceptors (Lipinski definition) is 8. The number of fused-ring (bicyclic) bond motifs is 3. The number of para-hydroxylation sites is 1. The number of pyridine rings is 1. The van der Waals surface area contributed by atoms with Gasteiger partial charge in [-0.1, -0.05) is 18.6 Å². The molecule has 0 radical (unpaired) electrons. The van der Waals surface area contributed by atoms with Crippen molar-refractivity contribution in [2.75, 3.05) is 11.9 Å². The Morgan fingerprint density at radius 1 is 1.07 bits per heavy atom. The molecule has 2 aliphatic carbocycles. The summed E-state index contributed by atoms with van der Waals surface area (Å²) in [4.78, 5) is 80.9. The number of carbonyl (C=O) groups excluding carboxylic acids is 5. The minimum atomic E-state index is -1.26. The summed E-state index contributed by atoms with van der Waals surface area (Å²) in [5.41, 5.74) is -0.0533. The molecule has 12 nitrogen and oxygen atoms in total. The average molecular weight is 607 g/mol. The van der Waals surface area contributed by atoms with Crippen LogP contribution in [-0.4, -0.2) is 57.6 Å². The van der Waals surface area contributed by atoms with Crippen molar-refractivity contribution < 1.29 is 24.0 Å². The molecular formula is C30H34N6O6S. The van der Waals surface area contributed by atoms with E-state index < -0.39 is 35.1 Å². The molecular weight excluding hydrogens is 572 g/mol. The summed E-state index contributed by atoms with van der Waals surface area (Å²) in [6, 6.07) is 9.00. The van der Waals surface area contributed by atoms with Gasteiger partial charge in [0.25, 0.3) is 17.4 Å². The molecule has 0 saturated heterocycles. The van der Waals surface area contributed by atoms with Gasteiger partial charge in [0.2, 0.25) is 17.6 Å². The minimum Gasteiger partial charge on any atom is -0.352 e. The number of thiazole rings is 1. The van der Waals surface area contributed by atoms with Crippen LogP contribution in [0.5, 0.6) is 0 Å². The lowest BCUT2D eigenvalue weighted by atomic mass is 9.95. The second-order valence-electron chi connectivity index (χ2n) is 11.0. The Morgan fingerprint density at radius 3 is 2.60 bits per heavy atom. The van der Waals surface area contributed by atoms with E-state index in [0.717, 1.165) is 35.3 Å². The van der Waals surface area contributed by atoms with Crippen molar-refractivity contribution in [3.05, 3.63) is 58.0 Å². The molecule has 1 aromatic carbocycles. The Bertz CT molecular complexity index is 1580. The fourth-order valence-electron chi connectivity index (χ4n) is 5.91. The number of Topliss-reactive ketones (excluding diaryl/α,β-unsaturated/α-hetero) is 1. The average Bonchev–Trinajstić information content (AvgIpc) is 3.73. The van der Waals surface area contributed by atoms with Crippen molar-refractivity contribution in [1.82, 2.24) is 25.5 Å². The number of likely N-dealkylation sites (N-methyl/N-ethyl adjacent to an activating group) is 1. The Kier molecular flexibility index (Phi) is 9.29. The highest BCUT2D eigenvalue weighted by molar-refractivity contribution is 7.20. The van der Waals surface area contributed by atoms with Crippen LogP contribution in [0.15, 0.2) is 47.4 Å². The lowest BCUT2D eigenvalue weighted by molar-refractivity contribution is -0.138. The highest BCUT2D eigenvalue weighted by Crippen LogP contribution is 2.44. The van der Waals surface area contributed by atoms with Crippen LogP contribution in [0, 0.1) is 11.8 Å². The van der Waals surface area contributed by atoms with Crippen molar-refractivity contribution in [2.45, 2.75) is 64.1 Å². The van der Waals surface area contributed by atoms with Crippen LogP contribution in [0.4, 0.5) is 5.69 Å². The second kappa shape index (κ2) is 13.3. The zero-order valence-electron chi connectivity index (χ0n) is 23.8. The fourth-order valence-corrected chi connectivity index (χ4v) is 6.78. The third-order valence-corrected chi connectivity index (χ3v) is 9.07. The van der Waals surface area contributed by atoms with Crippen molar-refractivity contribution in [1.29, 1.82) is 0 Å². The first-order valence-electron chi connectivity index (χ1n) is 14.5. The molecule has 3 aromatic rings. The molecule has 4 N–H and O–H groups in total. The normalized spacial score (nSPS) is 19.5. The van der Waals surface area contributed by atoms with Crippen molar-refractivity contribution in [3.63, 3.8) is 0 Å². The highest BCUT2D eigenvalue weighted by Gasteiger charge is 2.40. The van der Waals surface area contributed by atoms with E-state index in [1.165, 1.54) is 29.3 Å². The van der Waals surface area contributed by atoms with Gasteiger partial charge in [0.15, 0.2) is 5.01 Å². The number of anilines is 1. The van der Waals surface area contributed by atoms with Crippen LogP contribution in [0.3, 0.4) is 0 Å². The van der Waals surface area contributed by atoms with Gasteiger partial charge >= 0.3 is 0 Å². The van der Waals surface area contributed by atoms with Crippen LogP contribution < -0.4 is 26.8 Å². The third-order valence-electron chi connectivity index (χ3n) is 8.04. The van der Waals surface area contributed by atoms with E-state index >= 15 is 0 Å². The number of nitrogens with one attached hydrogen (secondary N) is 4. The molecule has 2 bridgehead atoms. The molecule has 0 spiro atoms. The van der Waals surface area contributed by atoms with E-state index in [1.54, 1.807) is 19.1 Å². The first-order valence-corrected chi connectivity index (χ1v) is 15.3. The predicted octanol–water partition coefficient (Wildman–Crippen LogP) is 1.99. The van der Waals surface area contributed by atoms with E-state index in [2.05, 4.69) is 26.3 Å². The van der Waals surface area contributed by atoms with Gasteiger partial charge in [-0.15, -0.1) is 11.3 Å². The summed E-state index contributed by atoms with van der Waals surface area (Å²) < 4.78 is 2.00. The van der Waals surface area contributed by atoms with Gasteiger partial charge in [-0.2, -0.15) is 0 Å². The number of amides is 4. The molecule has 0 unspecified atom stereocenters. The van der Waals surface area contributed by atoms with Gasteiger partial charge in [0.1, 0.15) is 18.3 Å². The Labute approximate surface area is 251 Å². The maximum Gasteiger partial charge on any atom is 0.287 e. The summed E-state index contributed by atoms with van der Waals surface area (Å²) in [6.45, 7) is 1.74. The molecule has 226 valence electrons. The molecule has 4 amide bonds. The van der Waals surface area contributed by atoms with E-state index in [4.69, 9.17) is 0 Å². The molecule has 4 atom stereocenters. The number of benzene rings is 1. The topological polar surface area (TPSA) is 168 Å². The van der Waals surface area contributed by atoms with Crippen molar-refractivity contribution in [3.8, 4) is 0 Å². The van der Waals surface area contributed by atoms with Crippen LogP contribution >= 0.6 is 11.3 Å². The van der Waals surface area contributed by atoms with Gasteiger partial charge in [-0.05, 0) is 68.7 Å². The van der Waals surface area contributed by atoms with Gasteiger partial charge in [0, 0.05) is 25.2 Å². The van der Waals surface area contributed by atoms with Crippen LogP contribution in [0.2, 0.25) is 0 Å². The number of hydrogen-bond donors (Lipinski definition) is 4. The highest BCUT2D eigenvalue weighted by atomic mass is 32.1. The van der Waals surface area contributed by atoms with Crippen LogP contribution in [-0.2, 0) is 25.7 Å². The quantitative estimate of drug-likeness (QED) is 0.229. The molecule has 2 saturated carbocycles. The zero-order valence-corrected chi connectivity index (χ0v) is 24.6. The molecule has 13 heteroatoms. The van der Waals surface area contributed by atoms with Crippen LogP contribution in [0.25, 0.3) is 10.2 Å². The maximum absolute atomic E-state index is 13.4. The first kappa shape index (κ1) is 30.1. The monoisotopic (exact) mass is 606 g/mol. The Morgan fingerprint density at radius 2 is 1.88 bits per heavy atom. The smallest absolute Gasteiger partial charge is 0.287 e. The number of carbonyl (C=O) groups is 5. The summed E-state index contributed by atoms with van der Waals surface area (Å²) in [5, 5.41) is 10.7. The van der Waals surface area contributed by atoms with Gasteiger partial charge in [0.05, 0.1) is 10.2 Å². The standard InChI is InChI=1S/C30H34N6O6S/c1-2-31-27(40)23(37)12-11-20(33-28(41)29-35-19-6-3-4-8-24(19)43-29)26(39)34-21-7-5-13-36(30(21)42)16-25(38)32-22-15-17-9-10-18(22)14-17/h3-8,13,17-18,20,22H,2,9-12,14-16H2,1H3,(H,31,40)(H,32,38)(H,33,41)(H,34,39)/t17-,18+,20+,22-/m1/s1. The molecule has 43 heavy (non-hydrogen) atoms. The van der Waals surface area contributed by atoms with E-state index in [-0.39, 0.29) is 48.6 Å². The SMILES string of the molecule is CCNC(=O)C(=O)CC[C@H](NC(=O)c1nc2ccccc2s1)C(=O)Nc1cccn(CC(=O)N[C@@H]2C[C@@H]3CC[C@H]2C3)c1=O. The molecule has 2 fully saturated rings. The lowest BCUT2D eigenvalue weighted by Gasteiger charge is -2.23. The van der Waals surface area contributed by atoms with E-state index in [1.807, 2.05) is 12.1 Å². The largest absolute Gasteiger partial charge is 0.352 e. The molecule has 5 rings (SSSR count). The summed E-state index contributed by atoms with van der Waals surface area (Å²) in [6.07, 6.45) is 5.39. The molecule has 2 heterocycles.